The Morgan fingerprint density at radius 3 is 2.43 bits per heavy atom. The van der Waals surface area contributed by atoms with E-state index in [-0.39, 0.29) is 5.41 Å². The van der Waals surface area contributed by atoms with Gasteiger partial charge in [0.2, 0.25) is 5.13 Å². The van der Waals surface area contributed by atoms with E-state index in [1.54, 1.807) is 11.3 Å². The number of hydrogen-bond acceptors (Lipinski definition) is 6. The molecular formula is C15H22N4S2. The van der Waals surface area contributed by atoms with Gasteiger partial charge < -0.3 is 4.90 Å². The molecule has 21 heavy (non-hydrogen) atoms. The third kappa shape index (κ3) is 3.26. The average molecular weight is 323 g/mol. The van der Waals surface area contributed by atoms with Crippen molar-refractivity contribution in [3.8, 4) is 0 Å². The first-order valence-corrected chi connectivity index (χ1v) is 9.10. The number of aromatic nitrogens is 3. The zero-order valence-corrected chi connectivity index (χ0v) is 14.7. The number of aryl methyl sites for hydroxylation is 1. The molecule has 0 spiro atoms. The summed E-state index contributed by atoms with van der Waals surface area (Å²) in [6, 6.07) is 0. The zero-order valence-electron chi connectivity index (χ0n) is 13.1. The molecule has 0 aliphatic carbocycles. The summed E-state index contributed by atoms with van der Waals surface area (Å²) in [5, 5.41) is 4.54. The van der Waals surface area contributed by atoms with E-state index in [1.807, 2.05) is 0 Å². The third-order valence-corrected chi connectivity index (χ3v) is 5.74. The Morgan fingerprint density at radius 2 is 1.90 bits per heavy atom. The van der Waals surface area contributed by atoms with Crippen molar-refractivity contribution in [3.63, 3.8) is 0 Å². The summed E-state index contributed by atoms with van der Waals surface area (Å²) >= 11 is 3.34. The van der Waals surface area contributed by atoms with Gasteiger partial charge in [-0.3, -0.25) is 0 Å². The van der Waals surface area contributed by atoms with E-state index in [0.29, 0.717) is 5.92 Å². The SMILES string of the molecule is Cc1csc(C2CCN(c3nc(C(C)(C)C)ns3)CC2)n1. The molecule has 1 aliphatic rings. The van der Waals surface area contributed by atoms with E-state index in [4.69, 9.17) is 4.98 Å². The topological polar surface area (TPSA) is 41.9 Å². The van der Waals surface area contributed by atoms with Crippen LogP contribution in [0, 0.1) is 6.92 Å². The van der Waals surface area contributed by atoms with E-state index < -0.39 is 0 Å². The molecule has 0 aromatic carbocycles. The Balaban J connectivity index is 1.64. The summed E-state index contributed by atoms with van der Waals surface area (Å²) in [5.74, 6) is 1.58. The lowest BCUT2D eigenvalue weighted by Crippen LogP contribution is -2.32. The summed E-state index contributed by atoms with van der Waals surface area (Å²) in [6.45, 7) is 10.7. The Labute approximate surface area is 134 Å². The molecule has 2 aromatic heterocycles. The Hall–Kier alpha value is -1.01. The molecule has 0 saturated carbocycles. The van der Waals surface area contributed by atoms with E-state index in [9.17, 15) is 0 Å². The van der Waals surface area contributed by atoms with Crippen LogP contribution in [0.1, 0.15) is 56.1 Å². The minimum Gasteiger partial charge on any atom is -0.347 e. The largest absolute Gasteiger partial charge is 0.347 e. The van der Waals surface area contributed by atoms with Crippen molar-refractivity contribution in [2.24, 2.45) is 0 Å². The van der Waals surface area contributed by atoms with Crippen LogP contribution in [0.3, 0.4) is 0 Å². The molecule has 0 unspecified atom stereocenters. The van der Waals surface area contributed by atoms with Crippen molar-refractivity contribution in [3.05, 3.63) is 21.9 Å². The maximum absolute atomic E-state index is 4.73. The highest BCUT2D eigenvalue weighted by Gasteiger charge is 2.26. The van der Waals surface area contributed by atoms with Crippen LogP contribution < -0.4 is 4.90 Å². The van der Waals surface area contributed by atoms with Gasteiger partial charge in [-0.05, 0) is 19.8 Å². The molecular weight excluding hydrogens is 300 g/mol. The second-order valence-corrected chi connectivity index (χ2v) is 8.36. The van der Waals surface area contributed by atoms with E-state index in [0.717, 1.165) is 42.6 Å². The average Bonchev–Trinajstić information content (AvgIpc) is 3.07. The van der Waals surface area contributed by atoms with Crippen LogP contribution in [-0.2, 0) is 5.41 Å². The maximum Gasteiger partial charge on any atom is 0.205 e. The Kier molecular flexibility index (Phi) is 4.01. The molecule has 1 saturated heterocycles. The van der Waals surface area contributed by atoms with Gasteiger partial charge in [-0.25, -0.2) is 9.97 Å². The van der Waals surface area contributed by atoms with Gasteiger partial charge in [0, 0.05) is 47.0 Å². The lowest BCUT2D eigenvalue weighted by atomic mass is 9.96. The second-order valence-electron chi connectivity index (χ2n) is 6.74. The molecule has 0 amide bonds. The molecule has 114 valence electrons. The van der Waals surface area contributed by atoms with Crippen molar-refractivity contribution in [1.29, 1.82) is 0 Å². The zero-order chi connectivity index (χ0) is 15.0. The molecule has 0 bridgehead atoms. The standard InChI is InChI=1S/C15H22N4S2/c1-10-9-20-12(16-10)11-5-7-19(8-6-11)14-17-13(18-21-14)15(2,3)4/h9,11H,5-8H2,1-4H3. The van der Waals surface area contributed by atoms with Gasteiger partial charge in [-0.1, -0.05) is 20.8 Å². The van der Waals surface area contributed by atoms with Crippen LogP contribution >= 0.6 is 22.9 Å². The number of rotatable bonds is 2. The monoisotopic (exact) mass is 322 g/mol. The van der Waals surface area contributed by atoms with Gasteiger partial charge in [0.05, 0.1) is 5.01 Å². The Morgan fingerprint density at radius 1 is 1.19 bits per heavy atom. The fourth-order valence-corrected chi connectivity index (χ4v) is 4.40. The molecule has 3 rings (SSSR count). The summed E-state index contributed by atoms with van der Waals surface area (Å²) in [7, 11) is 0. The highest BCUT2D eigenvalue weighted by Crippen LogP contribution is 2.33. The van der Waals surface area contributed by atoms with E-state index >= 15 is 0 Å². The predicted molar refractivity (Wildman–Crippen MR) is 89.6 cm³/mol. The lowest BCUT2D eigenvalue weighted by Gasteiger charge is -2.30. The fraction of sp³-hybridized carbons (Fsp3) is 0.667. The number of nitrogens with zero attached hydrogens (tertiary/aromatic N) is 4. The van der Waals surface area contributed by atoms with Crippen LogP contribution in [0.2, 0.25) is 0 Å². The van der Waals surface area contributed by atoms with Gasteiger partial charge in [0.1, 0.15) is 5.82 Å². The smallest absolute Gasteiger partial charge is 0.205 e. The van der Waals surface area contributed by atoms with Gasteiger partial charge in [-0.15, -0.1) is 11.3 Å². The van der Waals surface area contributed by atoms with Crippen LogP contribution in [0.15, 0.2) is 5.38 Å². The highest BCUT2D eigenvalue weighted by atomic mass is 32.1. The van der Waals surface area contributed by atoms with Crippen molar-refractivity contribution < 1.29 is 0 Å². The summed E-state index contributed by atoms with van der Waals surface area (Å²) in [4.78, 5) is 11.7. The number of anilines is 1. The van der Waals surface area contributed by atoms with E-state index in [2.05, 4.69) is 47.3 Å². The van der Waals surface area contributed by atoms with Gasteiger partial charge >= 0.3 is 0 Å². The second kappa shape index (κ2) is 5.65. The summed E-state index contributed by atoms with van der Waals surface area (Å²) in [6.07, 6.45) is 2.33. The van der Waals surface area contributed by atoms with E-state index in [1.165, 1.54) is 16.5 Å². The normalized spacial score (nSPS) is 17.4. The minimum atomic E-state index is 0.0332. The highest BCUT2D eigenvalue weighted by molar-refractivity contribution is 7.10. The first-order chi connectivity index (χ1) is 9.93. The van der Waals surface area contributed by atoms with Crippen LogP contribution in [0.4, 0.5) is 5.13 Å². The Bertz CT molecular complexity index is 603. The predicted octanol–water partition coefficient (Wildman–Crippen LogP) is 3.98. The molecule has 0 atom stereocenters. The van der Waals surface area contributed by atoms with Crippen LogP contribution in [0.25, 0.3) is 0 Å². The number of piperidine rings is 1. The molecule has 3 heterocycles. The third-order valence-electron chi connectivity index (χ3n) is 3.84. The fourth-order valence-electron chi connectivity index (χ4n) is 2.53. The van der Waals surface area contributed by atoms with Crippen molar-refractivity contribution >= 4 is 28.0 Å². The van der Waals surface area contributed by atoms with Crippen molar-refractivity contribution in [2.75, 3.05) is 18.0 Å². The van der Waals surface area contributed by atoms with Crippen LogP contribution in [-0.4, -0.2) is 27.4 Å². The molecule has 4 nitrogen and oxygen atoms in total. The van der Waals surface area contributed by atoms with Crippen molar-refractivity contribution in [1.82, 2.24) is 14.3 Å². The van der Waals surface area contributed by atoms with Crippen LogP contribution in [0.5, 0.6) is 0 Å². The minimum absolute atomic E-state index is 0.0332. The summed E-state index contributed by atoms with van der Waals surface area (Å²) < 4.78 is 4.52. The molecule has 0 N–H and O–H groups in total. The quantitative estimate of drug-likeness (QED) is 0.838. The van der Waals surface area contributed by atoms with Gasteiger partial charge in [0.15, 0.2) is 0 Å². The molecule has 2 aromatic rings. The molecule has 6 heteroatoms. The lowest BCUT2D eigenvalue weighted by molar-refractivity contribution is 0.500. The van der Waals surface area contributed by atoms with Gasteiger partial charge in [0.25, 0.3) is 0 Å². The van der Waals surface area contributed by atoms with Crippen molar-refractivity contribution in [2.45, 2.75) is 51.9 Å². The number of hydrogen-bond donors (Lipinski definition) is 0. The summed E-state index contributed by atoms with van der Waals surface area (Å²) in [5.41, 5.74) is 1.18. The first kappa shape index (κ1) is 14.9. The molecule has 1 aliphatic heterocycles. The first-order valence-electron chi connectivity index (χ1n) is 7.44. The molecule has 0 radical (unpaired) electrons. The maximum atomic E-state index is 4.73. The number of thiazole rings is 1. The molecule has 1 fully saturated rings. The van der Waals surface area contributed by atoms with Gasteiger partial charge in [-0.2, -0.15) is 4.37 Å².